The minimum Gasteiger partial charge on any atom is -0.495 e. The van der Waals surface area contributed by atoms with Gasteiger partial charge in [-0.3, -0.25) is 0 Å². The van der Waals surface area contributed by atoms with Crippen molar-refractivity contribution in [3.8, 4) is 5.75 Å². The second-order valence-corrected chi connectivity index (χ2v) is 6.79. The standard InChI is InChI=1S/C13H20N2O4S/c1-18-9-10-5-6-15(8-10)20(16,17)13-4-3-11(14)7-12(13)19-2/h3-4,7,10H,5-6,8-9,14H2,1-2H3. The van der Waals surface area contributed by atoms with Crippen LogP contribution in [0.1, 0.15) is 6.42 Å². The molecule has 1 unspecified atom stereocenters. The summed E-state index contributed by atoms with van der Waals surface area (Å²) in [6.07, 6.45) is 0.810. The third kappa shape index (κ3) is 2.89. The lowest BCUT2D eigenvalue weighted by Crippen LogP contribution is -2.29. The van der Waals surface area contributed by atoms with E-state index in [1.54, 1.807) is 13.2 Å². The van der Waals surface area contributed by atoms with Gasteiger partial charge in [0.2, 0.25) is 10.0 Å². The molecular weight excluding hydrogens is 280 g/mol. The third-order valence-electron chi connectivity index (χ3n) is 3.46. The van der Waals surface area contributed by atoms with Crippen LogP contribution in [0.4, 0.5) is 5.69 Å². The van der Waals surface area contributed by atoms with Crippen molar-refractivity contribution in [1.29, 1.82) is 0 Å². The van der Waals surface area contributed by atoms with Crippen LogP contribution in [-0.2, 0) is 14.8 Å². The molecule has 1 saturated heterocycles. The van der Waals surface area contributed by atoms with Crippen LogP contribution >= 0.6 is 0 Å². The van der Waals surface area contributed by atoms with Crippen molar-refractivity contribution in [3.63, 3.8) is 0 Å². The number of benzene rings is 1. The van der Waals surface area contributed by atoms with E-state index in [0.29, 0.717) is 25.4 Å². The Bertz CT molecular complexity index is 574. The number of methoxy groups -OCH3 is 2. The zero-order chi connectivity index (χ0) is 14.8. The van der Waals surface area contributed by atoms with Gasteiger partial charge in [-0.15, -0.1) is 0 Å². The van der Waals surface area contributed by atoms with Gasteiger partial charge < -0.3 is 15.2 Å². The largest absolute Gasteiger partial charge is 0.495 e. The molecule has 0 spiro atoms. The van der Waals surface area contributed by atoms with Crippen molar-refractivity contribution in [3.05, 3.63) is 18.2 Å². The van der Waals surface area contributed by atoms with Crippen LogP contribution in [0.25, 0.3) is 0 Å². The van der Waals surface area contributed by atoms with Crippen LogP contribution in [0.5, 0.6) is 5.75 Å². The molecule has 1 heterocycles. The lowest BCUT2D eigenvalue weighted by molar-refractivity contribution is 0.157. The van der Waals surface area contributed by atoms with Gasteiger partial charge in [0.1, 0.15) is 10.6 Å². The van der Waals surface area contributed by atoms with Crippen molar-refractivity contribution in [1.82, 2.24) is 4.31 Å². The minimum atomic E-state index is -3.55. The molecule has 1 aliphatic rings. The van der Waals surface area contributed by atoms with E-state index in [1.807, 2.05) is 0 Å². The van der Waals surface area contributed by atoms with Crippen LogP contribution in [0.3, 0.4) is 0 Å². The minimum absolute atomic E-state index is 0.160. The maximum atomic E-state index is 12.6. The summed E-state index contributed by atoms with van der Waals surface area (Å²) in [6.45, 7) is 1.55. The Morgan fingerprint density at radius 3 is 2.80 bits per heavy atom. The normalized spacial score (nSPS) is 20.2. The van der Waals surface area contributed by atoms with E-state index in [0.717, 1.165) is 6.42 Å². The maximum Gasteiger partial charge on any atom is 0.246 e. The predicted octanol–water partition coefficient (Wildman–Crippen LogP) is 0.934. The second kappa shape index (κ2) is 5.99. The van der Waals surface area contributed by atoms with Crippen LogP contribution in [0.2, 0.25) is 0 Å². The van der Waals surface area contributed by atoms with Crippen molar-refractivity contribution in [2.45, 2.75) is 11.3 Å². The Labute approximate surface area is 119 Å². The Morgan fingerprint density at radius 1 is 1.40 bits per heavy atom. The number of ether oxygens (including phenoxy) is 2. The molecule has 0 bridgehead atoms. The number of sulfonamides is 1. The summed E-state index contributed by atoms with van der Waals surface area (Å²) in [7, 11) is -0.491. The van der Waals surface area contributed by atoms with Gasteiger partial charge in [0.15, 0.2) is 0 Å². The van der Waals surface area contributed by atoms with Crippen molar-refractivity contribution in [2.24, 2.45) is 5.92 Å². The molecule has 1 aliphatic heterocycles. The Kier molecular flexibility index (Phi) is 4.52. The summed E-state index contributed by atoms with van der Waals surface area (Å²) in [5.41, 5.74) is 6.13. The van der Waals surface area contributed by atoms with Crippen LogP contribution in [0.15, 0.2) is 23.1 Å². The van der Waals surface area contributed by atoms with E-state index in [9.17, 15) is 8.42 Å². The lowest BCUT2D eigenvalue weighted by Gasteiger charge is -2.18. The third-order valence-corrected chi connectivity index (χ3v) is 5.36. The van der Waals surface area contributed by atoms with Crippen LogP contribution in [-0.4, -0.2) is 46.6 Å². The topological polar surface area (TPSA) is 81.9 Å². The van der Waals surface area contributed by atoms with E-state index < -0.39 is 10.0 Å². The first-order valence-corrected chi connectivity index (χ1v) is 7.85. The van der Waals surface area contributed by atoms with E-state index >= 15 is 0 Å². The van der Waals surface area contributed by atoms with Gasteiger partial charge in [-0.1, -0.05) is 0 Å². The highest BCUT2D eigenvalue weighted by atomic mass is 32.2. The summed E-state index contributed by atoms with van der Waals surface area (Å²) in [4.78, 5) is 0.160. The average Bonchev–Trinajstić information content (AvgIpc) is 2.88. The van der Waals surface area contributed by atoms with Crippen LogP contribution < -0.4 is 10.5 Å². The Hall–Kier alpha value is -1.31. The van der Waals surface area contributed by atoms with Gasteiger partial charge in [-0.05, 0) is 24.5 Å². The predicted molar refractivity (Wildman–Crippen MR) is 76.1 cm³/mol. The molecular formula is C13H20N2O4S. The maximum absolute atomic E-state index is 12.6. The molecule has 7 heteroatoms. The fourth-order valence-electron chi connectivity index (χ4n) is 2.42. The molecule has 1 aromatic carbocycles. The van der Waals surface area contributed by atoms with Gasteiger partial charge in [0, 0.05) is 32.0 Å². The van der Waals surface area contributed by atoms with Crippen molar-refractivity contribution in [2.75, 3.05) is 39.6 Å². The number of anilines is 1. The monoisotopic (exact) mass is 300 g/mol. The highest BCUT2D eigenvalue weighted by molar-refractivity contribution is 7.89. The molecule has 0 radical (unpaired) electrons. The van der Waals surface area contributed by atoms with Gasteiger partial charge >= 0.3 is 0 Å². The summed E-state index contributed by atoms with van der Waals surface area (Å²) in [5, 5.41) is 0. The number of nitrogens with two attached hydrogens (primary N) is 1. The fraction of sp³-hybridized carbons (Fsp3) is 0.538. The first-order chi connectivity index (χ1) is 9.48. The molecule has 1 aromatic rings. The molecule has 2 rings (SSSR count). The quantitative estimate of drug-likeness (QED) is 0.818. The van der Waals surface area contributed by atoms with Crippen LogP contribution in [0, 0.1) is 5.92 Å². The lowest BCUT2D eigenvalue weighted by atomic mass is 10.1. The Morgan fingerprint density at radius 2 is 2.15 bits per heavy atom. The number of rotatable bonds is 5. The van der Waals surface area contributed by atoms with Gasteiger partial charge in [-0.2, -0.15) is 4.31 Å². The van der Waals surface area contributed by atoms with E-state index in [4.69, 9.17) is 15.2 Å². The first kappa shape index (κ1) is 15.1. The van der Waals surface area contributed by atoms with E-state index in [-0.39, 0.29) is 16.6 Å². The molecule has 112 valence electrons. The summed E-state index contributed by atoms with van der Waals surface area (Å²) in [5.74, 6) is 0.523. The van der Waals surface area contributed by atoms with Gasteiger partial charge in [-0.25, -0.2) is 8.42 Å². The average molecular weight is 300 g/mol. The molecule has 0 amide bonds. The van der Waals surface area contributed by atoms with Gasteiger partial charge in [0.05, 0.1) is 13.7 Å². The molecule has 1 atom stereocenters. The highest BCUT2D eigenvalue weighted by Gasteiger charge is 2.34. The molecule has 2 N–H and O–H groups in total. The SMILES string of the molecule is COCC1CCN(S(=O)(=O)c2ccc(N)cc2OC)C1. The summed E-state index contributed by atoms with van der Waals surface area (Å²) < 4.78 is 37.0. The zero-order valence-electron chi connectivity index (χ0n) is 11.7. The summed E-state index contributed by atoms with van der Waals surface area (Å²) in [6, 6.07) is 4.58. The summed E-state index contributed by atoms with van der Waals surface area (Å²) >= 11 is 0. The smallest absolute Gasteiger partial charge is 0.246 e. The number of nitrogen functional groups attached to an aromatic ring is 1. The zero-order valence-corrected chi connectivity index (χ0v) is 12.5. The number of hydrogen-bond acceptors (Lipinski definition) is 5. The van der Waals surface area contributed by atoms with E-state index in [2.05, 4.69) is 0 Å². The highest BCUT2D eigenvalue weighted by Crippen LogP contribution is 2.31. The van der Waals surface area contributed by atoms with Gasteiger partial charge in [0.25, 0.3) is 0 Å². The molecule has 1 fully saturated rings. The molecule has 20 heavy (non-hydrogen) atoms. The Balaban J connectivity index is 2.27. The fourth-order valence-corrected chi connectivity index (χ4v) is 4.09. The molecule has 0 aliphatic carbocycles. The molecule has 0 aromatic heterocycles. The molecule has 6 nitrogen and oxygen atoms in total. The van der Waals surface area contributed by atoms with Crippen molar-refractivity contribution >= 4 is 15.7 Å². The van der Waals surface area contributed by atoms with E-state index in [1.165, 1.54) is 23.5 Å². The number of nitrogens with zero attached hydrogens (tertiary/aromatic N) is 1. The molecule has 0 saturated carbocycles. The second-order valence-electron chi connectivity index (χ2n) is 4.88. The first-order valence-electron chi connectivity index (χ1n) is 6.41. The number of hydrogen-bond donors (Lipinski definition) is 1. The van der Waals surface area contributed by atoms with Crippen molar-refractivity contribution < 1.29 is 17.9 Å².